The summed E-state index contributed by atoms with van der Waals surface area (Å²) in [5.41, 5.74) is 1.19. The number of hydrogen-bond acceptors (Lipinski definition) is 2. The van der Waals surface area contributed by atoms with E-state index in [9.17, 15) is 4.79 Å². The average Bonchev–Trinajstić information content (AvgIpc) is 2.42. The van der Waals surface area contributed by atoms with Crippen LogP contribution in [0.1, 0.15) is 28.9 Å². The van der Waals surface area contributed by atoms with Crippen molar-refractivity contribution in [3.05, 3.63) is 62.9 Å². The Morgan fingerprint density at radius 1 is 1.20 bits per heavy atom. The Balaban J connectivity index is 2.15. The van der Waals surface area contributed by atoms with Crippen LogP contribution in [0.15, 0.2) is 36.5 Å². The maximum atomic E-state index is 12.1. The molecule has 3 nitrogen and oxygen atoms in total. The van der Waals surface area contributed by atoms with E-state index in [1.54, 1.807) is 24.3 Å². The number of nitrogens with zero attached hydrogens (tertiary/aromatic N) is 1. The largest absolute Gasteiger partial charge is 0.345 e. The molecule has 1 aromatic carbocycles. The van der Waals surface area contributed by atoms with Crippen molar-refractivity contribution in [3.63, 3.8) is 0 Å². The maximum absolute atomic E-state index is 12.1. The second-order valence-corrected chi connectivity index (χ2v) is 5.38. The van der Waals surface area contributed by atoms with Crippen LogP contribution in [0.5, 0.6) is 0 Å². The quantitative estimate of drug-likeness (QED) is 0.840. The van der Waals surface area contributed by atoms with Gasteiger partial charge in [-0.2, -0.15) is 0 Å². The van der Waals surface area contributed by atoms with Gasteiger partial charge in [0.25, 0.3) is 5.91 Å². The Kier molecular flexibility index (Phi) is 4.86. The van der Waals surface area contributed by atoms with Crippen molar-refractivity contribution in [1.29, 1.82) is 0 Å². The third-order valence-electron chi connectivity index (χ3n) is 2.79. The Morgan fingerprint density at radius 3 is 2.60 bits per heavy atom. The molecule has 0 aliphatic heterocycles. The van der Waals surface area contributed by atoms with Crippen LogP contribution in [0.25, 0.3) is 0 Å². The third kappa shape index (κ3) is 3.42. The Morgan fingerprint density at radius 2 is 1.95 bits per heavy atom. The number of pyridine rings is 1. The SMILES string of the molecule is C[C@H](NC(=O)c1cccnc1Cl)c1ccc(Cl)c(Cl)c1. The van der Waals surface area contributed by atoms with Crippen molar-refractivity contribution in [1.82, 2.24) is 10.3 Å². The molecule has 104 valence electrons. The molecular weight excluding hydrogens is 319 g/mol. The molecule has 0 spiro atoms. The lowest BCUT2D eigenvalue weighted by atomic mass is 10.1. The summed E-state index contributed by atoms with van der Waals surface area (Å²) < 4.78 is 0. The molecular formula is C14H11Cl3N2O. The highest BCUT2D eigenvalue weighted by molar-refractivity contribution is 6.42. The summed E-state index contributed by atoms with van der Waals surface area (Å²) in [6.45, 7) is 1.85. The van der Waals surface area contributed by atoms with Crippen LogP contribution in [0, 0.1) is 0 Å². The van der Waals surface area contributed by atoms with Crippen molar-refractivity contribution in [2.24, 2.45) is 0 Å². The minimum Gasteiger partial charge on any atom is -0.345 e. The van der Waals surface area contributed by atoms with Crippen LogP contribution >= 0.6 is 34.8 Å². The highest BCUT2D eigenvalue weighted by Crippen LogP contribution is 2.25. The fourth-order valence-corrected chi connectivity index (χ4v) is 2.21. The monoisotopic (exact) mass is 328 g/mol. The first-order valence-electron chi connectivity index (χ1n) is 5.85. The highest BCUT2D eigenvalue weighted by atomic mass is 35.5. The minimum absolute atomic E-state index is 0.173. The van der Waals surface area contributed by atoms with Gasteiger partial charge in [-0.05, 0) is 36.8 Å². The molecule has 6 heteroatoms. The number of benzene rings is 1. The van der Waals surface area contributed by atoms with Gasteiger partial charge < -0.3 is 5.32 Å². The smallest absolute Gasteiger partial charge is 0.254 e. The van der Waals surface area contributed by atoms with Gasteiger partial charge in [0.05, 0.1) is 21.7 Å². The van der Waals surface area contributed by atoms with E-state index < -0.39 is 0 Å². The number of carbonyl (C=O) groups excluding carboxylic acids is 1. The maximum Gasteiger partial charge on any atom is 0.254 e. The number of nitrogens with one attached hydrogen (secondary N) is 1. The summed E-state index contributed by atoms with van der Waals surface area (Å²) >= 11 is 17.7. The van der Waals surface area contributed by atoms with Crippen molar-refractivity contribution in [2.75, 3.05) is 0 Å². The fourth-order valence-electron chi connectivity index (χ4n) is 1.69. The van der Waals surface area contributed by atoms with Crippen LogP contribution in [0.4, 0.5) is 0 Å². The lowest BCUT2D eigenvalue weighted by Crippen LogP contribution is -2.27. The Hall–Kier alpha value is -1.29. The second kappa shape index (κ2) is 6.44. The minimum atomic E-state index is -0.290. The molecule has 0 bridgehead atoms. The first-order valence-corrected chi connectivity index (χ1v) is 6.98. The van der Waals surface area contributed by atoms with Crippen molar-refractivity contribution in [2.45, 2.75) is 13.0 Å². The molecule has 2 aromatic rings. The molecule has 0 fully saturated rings. The Bertz CT molecular complexity index is 646. The van der Waals surface area contributed by atoms with Crippen molar-refractivity contribution in [3.8, 4) is 0 Å². The zero-order chi connectivity index (χ0) is 14.7. The molecule has 0 saturated heterocycles. The van der Waals surface area contributed by atoms with E-state index in [4.69, 9.17) is 34.8 Å². The van der Waals surface area contributed by atoms with E-state index >= 15 is 0 Å². The first-order chi connectivity index (χ1) is 9.49. The van der Waals surface area contributed by atoms with Gasteiger partial charge in [0.2, 0.25) is 0 Å². The van der Waals surface area contributed by atoms with Gasteiger partial charge in [-0.15, -0.1) is 0 Å². The van der Waals surface area contributed by atoms with E-state index in [1.807, 2.05) is 13.0 Å². The van der Waals surface area contributed by atoms with Gasteiger partial charge >= 0.3 is 0 Å². The van der Waals surface area contributed by atoms with Gasteiger partial charge in [-0.1, -0.05) is 40.9 Å². The van der Waals surface area contributed by atoms with Crippen LogP contribution in [0.2, 0.25) is 15.2 Å². The molecule has 0 aliphatic rings. The zero-order valence-electron chi connectivity index (χ0n) is 10.5. The summed E-state index contributed by atoms with van der Waals surface area (Å²) in [7, 11) is 0. The molecule has 0 saturated carbocycles. The first kappa shape index (κ1) is 15.1. The summed E-state index contributed by atoms with van der Waals surface area (Å²) in [5.74, 6) is -0.290. The van der Waals surface area contributed by atoms with Gasteiger partial charge in [-0.3, -0.25) is 4.79 Å². The molecule has 1 N–H and O–H groups in total. The fraction of sp³-hybridized carbons (Fsp3) is 0.143. The van der Waals surface area contributed by atoms with E-state index in [-0.39, 0.29) is 17.1 Å². The topological polar surface area (TPSA) is 42.0 Å². The number of carbonyl (C=O) groups is 1. The summed E-state index contributed by atoms with van der Waals surface area (Å²) in [5, 5.41) is 3.93. The van der Waals surface area contributed by atoms with Gasteiger partial charge in [0.1, 0.15) is 5.15 Å². The molecule has 2 rings (SSSR count). The zero-order valence-corrected chi connectivity index (χ0v) is 12.8. The molecule has 20 heavy (non-hydrogen) atoms. The van der Waals surface area contributed by atoms with Crippen LogP contribution in [0.3, 0.4) is 0 Å². The van der Waals surface area contributed by atoms with E-state index in [2.05, 4.69) is 10.3 Å². The van der Waals surface area contributed by atoms with Crippen molar-refractivity contribution < 1.29 is 4.79 Å². The molecule has 0 radical (unpaired) electrons. The van der Waals surface area contributed by atoms with Gasteiger partial charge in [0, 0.05) is 6.20 Å². The van der Waals surface area contributed by atoms with E-state index in [1.165, 1.54) is 6.20 Å². The lowest BCUT2D eigenvalue weighted by molar-refractivity contribution is 0.0939. The predicted octanol–water partition coefficient (Wildman–Crippen LogP) is 4.53. The molecule has 1 atom stereocenters. The highest BCUT2D eigenvalue weighted by Gasteiger charge is 2.15. The van der Waals surface area contributed by atoms with Crippen LogP contribution in [-0.4, -0.2) is 10.9 Å². The van der Waals surface area contributed by atoms with E-state index in [0.717, 1.165) is 5.56 Å². The number of hydrogen-bond donors (Lipinski definition) is 1. The molecule has 0 aliphatic carbocycles. The van der Waals surface area contributed by atoms with Gasteiger partial charge in [0.15, 0.2) is 0 Å². The third-order valence-corrected chi connectivity index (χ3v) is 3.84. The summed E-state index contributed by atoms with van der Waals surface area (Å²) in [6, 6.07) is 8.27. The van der Waals surface area contributed by atoms with E-state index in [0.29, 0.717) is 15.6 Å². The summed E-state index contributed by atoms with van der Waals surface area (Å²) in [4.78, 5) is 16.0. The van der Waals surface area contributed by atoms with Crippen molar-refractivity contribution >= 4 is 40.7 Å². The predicted molar refractivity (Wildman–Crippen MR) is 81.6 cm³/mol. The number of rotatable bonds is 3. The van der Waals surface area contributed by atoms with Crippen LogP contribution in [-0.2, 0) is 0 Å². The number of aromatic nitrogens is 1. The molecule has 1 heterocycles. The summed E-state index contributed by atoms with van der Waals surface area (Å²) in [6.07, 6.45) is 1.53. The number of halogens is 3. The molecule has 1 aromatic heterocycles. The van der Waals surface area contributed by atoms with Crippen LogP contribution < -0.4 is 5.32 Å². The van der Waals surface area contributed by atoms with Gasteiger partial charge in [-0.25, -0.2) is 4.98 Å². The molecule has 1 amide bonds. The standard InChI is InChI=1S/C14H11Cl3N2O/c1-8(9-4-5-11(15)12(16)7-9)19-14(20)10-3-2-6-18-13(10)17/h2-8H,1H3,(H,19,20)/t8-/m0/s1. The number of amides is 1. The average molecular weight is 330 g/mol. The Labute approximate surface area is 131 Å². The second-order valence-electron chi connectivity index (χ2n) is 4.21. The normalized spacial score (nSPS) is 12.0. The lowest BCUT2D eigenvalue weighted by Gasteiger charge is -2.15. The molecule has 0 unspecified atom stereocenters.